The number of hydrogen-bond donors (Lipinski definition) is 0. The molecule has 2 amide bonds. The van der Waals surface area contributed by atoms with Crippen LogP contribution in [0.5, 0.6) is 11.5 Å². The van der Waals surface area contributed by atoms with Crippen LogP contribution >= 0.6 is 23.1 Å². The van der Waals surface area contributed by atoms with Crippen molar-refractivity contribution in [2.24, 2.45) is 0 Å². The van der Waals surface area contributed by atoms with E-state index in [1.54, 1.807) is 29.6 Å². The fourth-order valence-corrected chi connectivity index (χ4v) is 3.82. The van der Waals surface area contributed by atoms with E-state index in [1.807, 2.05) is 0 Å². The van der Waals surface area contributed by atoms with E-state index in [-0.39, 0.29) is 16.4 Å². The first-order valence-corrected chi connectivity index (χ1v) is 9.88. The molecule has 0 saturated carbocycles. The molecule has 0 atom stereocenters. The molecule has 0 unspecified atom stereocenters. The number of hydrogen-bond acceptors (Lipinski definition) is 9. The van der Waals surface area contributed by atoms with Crippen molar-refractivity contribution < 1.29 is 33.4 Å². The molecule has 0 N–H and O–H groups in total. The predicted octanol–water partition coefficient (Wildman–Crippen LogP) is 3.19. The molecule has 1 fully saturated rings. The van der Waals surface area contributed by atoms with Gasteiger partial charge in [-0.1, -0.05) is 12.1 Å². The minimum atomic E-state index is -0.688. The number of thioether (sulfide) groups is 1. The van der Waals surface area contributed by atoms with Crippen LogP contribution in [0.3, 0.4) is 0 Å². The second-order valence-corrected chi connectivity index (χ2v) is 7.56. The SMILES string of the molecule is COC(=O)CN1C(=O)S/C(=C\c2ccc(OC(=O)c3cccs3)c(OC)c2)C1=O. The van der Waals surface area contributed by atoms with Crippen LogP contribution in [-0.4, -0.2) is 48.7 Å². The normalized spacial score (nSPS) is 15.0. The van der Waals surface area contributed by atoms with E-state index >= 15 is 0 Å². The predicted molar refractivity (Wildman–Crippen MR) is 107 cm³/mol. The maximum atomic E-state index is 12.4. The quantitative estimate of drug-likeness (QED) is 0.389. The second-order valence-electron chi connectivity index (χ2n) is 5.62. The zero-order valence-corrected chi connectivity index (χ0v) is 17.0. The highest BCUT2D eigenvalue weighted by Gasteiger charge is 2.36. The van der Waals surface area contributed by atoms with Crippen molar-refractivity contribution in [1.82, 2.24) is 4.90 Å². The minimum Gasteiger partial charge on any atom is -0.493 e. The molecule has 1 aliphatic heterocycles. The van der Waals surface area contributed by atoms with Gasteiger partial charge in [0.2, 0.25) is 0 Å². The molecule has 3 rings (SSSR count). The molecule has 0 spiro atoms. The number of ether oxygens (including phenoxy) is 3. The highest BCUT2D eigenvalue weighted by molar-refractivity contribution is 8.18. The molecule has 2 aromatic rings. The topological polar surface area (TPSA) is 99.2 Å². The van der Waals surface area contributed by atoms with E-state index in [9.17, 15) is 19.2 Å². The fourth-order valence-electron chi connectivity index (χ4n) is 2.38. The number of rotatable bonds is 6. The van der Waals surface area contributed by atoms with Crippen LogP contribution in [0.4, 0.5) is 4.79 Å². The van der Waals surface area contributed by atoms with E-state index in [0.29, 0.717) is 10.4 Å². The van der Waals surface area contributed by atoms with Gasteiger partial charge >= 0.3 is 11.9 Å². The van der Waals surface area contributed by atoms with Gasteiger partial charge in [0.25, 0.3) is 11.1 Å². The third kappa shape index (κ3) is 4.66. The summed E-state index contributed by atoms with van der Waals surface area (Å²) in [6.45, 7) is -0.445. The Hall–Kier alpha value is -3.11. The molecule has 0 bridgehead atoms. The monoisotopic (exact) mass is 433 g/mol. The Morgan fingerprint density at radius 2 is 1.93 bits per heavy atom. The van der Waals surface area contributed by atoms with Crippen LogP contribution in [0, 0.1) is 0 Å². The van der Waals surface area contributed by atoms with E-state index in [2.05, 4.69) is 4.74 Å². The molecule has 8 nitrogen and oxygen atoms in total. The first-order chi connectivity index (χ1) is 13.9. The van der Waals surface area contributed by atoms with Gasteiger partial charge in [-0.15, -0.1) is 11.3 Å². The molecule has 0 radical (unpaired) electrons. The van der Waals surface area contributed by atoms with Crippen LogP contribution in [0.2, 0.25) is 0 Å². The van der Waals surface area contributed by atoms with Crippen molar-refractivity contribution in [1.29, 1.82) is 0 Å². The molecule has 0 aliphatic carbocycles. The minimum absolute atomic E-state index is 0.157. The lowest BCUT2D eigenvalue weighted by molar-refractivity contribution is -0.143. The Bertz CT molecular complexity index is 998. The lowest BCUT2D eigenvalue weighted by atomic mass is 10.2. The molecular weight excluding hydrogens is 418 g/mol. The van der Waals surface area contributed by atoms with Gasteiger partial charge in [0.15, 0.2) is 11.5 Å². The Balaban J connectivity index is 1.79. The van der Waals surface area contributed by atoms with E-state index in [4.69, 9.17) is 9.47 Å². The highest BCUT2D eigenvalue weighted by atomic mass is 32.2. The maximum absolute atomic E-state index is 12.4. The third-order valence-electron chi connectivity index (χ3n) is 3.80. The molecule has 1 aromatic heterocycles. The molecule has 10 heteroatoms. The van der Waals surface area contributed by atoms with Gasteiger partial charge in [-0.05, 0) is 47.0 Å². The third-order valence-corrected chi connectivity index (χ3v) is 5.56. The molecule has 2 heterocycles. The average Bonchev–Trinajstić information content (AvgIpc) is 3.34. The Labute approximate surface area is 174 Å². The number of benzene rings is 1. The second kappa shape index (κ2) is 8.93. The first-order valence-electron chi connectivity index (χ1n) is 8.19. The van der Waals surface area contributed by atoms with Gasteiger partial charge in [-0.2, -0.15) is 0 Å². The molecule has 1 aromatic carbocycles. The van der Waals surface area contributed by atoms with Gasteiger partial charge in [0, 0.05) is 0 Å². The molecule has 29 heavy (non-hydrogen) atoms. The number of carbonyl (C=O) groups excluding carboxylic acids is 4. The van der Waals surface area contributed by atoms with E-state index in [1.165, 1.54) is 37.7 Å². The van der Waals surface area contributed by atoms with Crippen molar-refractivity contribution in [3.8, 4) is 11.5 Å². The molecule has 150 valence electrons. The number of nitrogens with zero attached hydrogens (tertiary/aromatic N) is 1. The van der Waals surface area contributed by atoms with Gasteiger partial charge in [0.05, 0.1) is 19.1 Å². The van der Waals surface area contributed by atoms with E-state index < -0.39 is 29.6 Å². The van der Waals surface area contributed by atoms with Crippen LogP contribution < -0.4 is 9.47 Å². The van der Waals surface area contributed by atoms with Crippen molar-refractivity contribution in [2.45, 2.75) is 0 Å². The molecular formula is C19H15NO7S2. The van der Waals surface area contributed by atoms with Crippen molar-refractivity contribution in [2.75, 3.05) is 20.8 Å². The summed E-state index contributed by atoms with van der Waals surface area (Å²) in [6.07, 6.45) is 1.50. The smallest absolute Gasteiger partial charge is 0.353 e. The maximum Gasteiger partial charge on any atom is 0.353 e. The van der Waals surface area contributed by atoms with E-state index in [0.717, 1.165) is 16.7 Å². The first kappa shape index (κ1) is 20.6. The zero-order chi connectivity index (χ0) is 21.0. The standard InChI is InChI=1S/C19H15NO7S2/c1-25-13-8-11(5-6-12(13)27-18(23)14-4-3-7-28-14)9-15-17(22)20(19(24)29-15)10-16(21)26-2/h3-9H,10H2,1-2H3/b15-9-. The Kier molecular flexibility index (Phi) is 6.35. The van der Waals surface area contributed by atoms with Crippen molar-refractivity contribution >= 4 is 52.3 Å². The number of imide groups is 1. The van der Waals surface area contributed by atoms with Crippen molar-refractivity contribution in [3.05, 3.63) is 51.1 Å². The number of thiophene rings is 1. The number of methoxy groups -OCH3 is 2. The van der Waals surface area contributed by atoms with Crippen molar-refractivity contribution in [3.63, 3.8) is 0 Å². The summed E-state index contributed by atoms with van der Waals surface area (Å²) in [5, 5.41) is 1.21. The summed E-state index contributed by atoms with van der Waals surface area (Å²) in [6, 6.07) is 8.13. The Morgan fingerprint density at radius 3 is 2.59 bits per heavy atom. The largest absolute Gasteiger partial charge is 0.493 e. The van der Waals surface area contributed by atoms with Crippen LogP contribution in [-0.2, 0) is 14.3 Å². The molecule has 1 aliphatic rings. The fraction of sp³-hybridized carbons (Fsp3) is 0.158. The van der Waals surface area contributed by atoms with Crippen LogP contribution in [0.1, 0.15) is 15.2 Å². The lowest BCUT2D eigenvalue weighted by Crippen LogP contribution is -2.34. The van der Waals surface area contributed by atoms with Gasteiger partial charge in [0.1, 0.15) is 11.4 Å². The number of carbonyl (C=O) groups is 4. The number of esters is 2. The lowest BCUT2D eigenvalue weighted by Gasteiger charge is -2.10. The van der Waals surface area contributed by atoms with Gasteiger partial charge in [-0.25, -0.2) is 4.79 Å². The van der Waals surface area contributed by atoms with Crippen LogP contribution in [0.15, 0.2) is 40.6 Å². The summed E-state index contributed by atoms with van der Waals surface area (Å²) >= 11 is 1.98. The van der Waals surface area contributed by atoms with Crippen LogP contribution in [0.25, 0.3) is 6.08 Å². The molecule has 1 saturated heterocycles. The average molecular weight is 433 g/mol. The summed E-state index contributed by atoms with van der Waals surface area (Å²) in [5.41, 5.74) is 0.557. The summed E-state index contributed by atoms with van der Waals surface area (Å²) in [4.78, 5) is 49.3. The highest BCUT2D eigenvalue weighted by Crippen LogP contribution is 2.34. The van der Waals surface area contributed by atoms with Gasteiger partial charge < -0.3 is 14.2 Å². The summed E-state index contributed by atoms with van der Waals surface area (Å²) in [5.74, 6) is -1.26. The zero-order valence-electron chi connectivity index (χ0n) is 15.4. The summed E-state index contributed by atoms with van der Waals surface area (Å²) in [7, 11) is 2.60. The number of amides is 2. The Morgan fingerprint density at radius 1 is 1.14 bits per heavy atom. The van der Waals surface area contributed by atoms with Gasteiger partial charge in [-0.3, -0.25) is 19.3 Å². The summed E-state index contributed by atoms with van der Waals surface area (Å²) < 4.78 is 15.1.